The first kappa shape index (κ1) is 10.7. The predicted molar refractivity (Wildman–Crippen MR) is 61.6 cm³/mol. The summed E-state index contributed by atoms with van der Waals surface area (Å²) in [5.41, 5.74) is 1.35. The zero-order chi connectivity index (χ0) is 12.5. The number of carbonyl (C=O) groups excluding carboxylic acids is 2. The minimum Gasteiger partial charge on any atom is -0.345 e. The number of fused-ring (bicyclic) bond motifs is 1. The quantitative estimate of drug-likeness (QED) is 0.749. The number of hydrogen-bond acceptors (Lipinski definition) is 5. The van der Waals surface area contributed by atoms with Crippen LogP contribution in [0.15, 0.2) is 22.8 Å². The SMILES string of the molecule is O=C(Nc1cccc2nonc12)C(=O)NC1CC1. The molecule has 2 amide bonds. The van der Waals surface area contributed by atoms with Gasteiger partial charge in [-0.05, 0) is 35.3 Å². The molecule has 7 nitrogen and oxygen atoms in total. The molecule has 7 heteroatoms. The molecule has 1 fully saturated rings. The highest BCUT2D eigenvalue weighted by molar-refractivity contribution is 6.40. The molecule has 0 unspecified atom stereocenters. The summed E-state index contributed by atoms with van der Waals surface area (Å²) in [5, 5.41) is 12.4. The lowest BCUT2D eigenvalue weighted by Gasteiger charge is -2.05. The standard InChI is InChI=1S/C11H10N4O3/c16-10(12-6-4-5-6)11(17)13-7-2-1-3-8-9(7)15-18-14-8/h1-3,6H,4-5H2,(H,12,16)(H,13,17). The molecule has 1 saturated carbocycles. The van der Waals surface area contributed by atoms with E-state index in [-0.39, 0.29) is 6.04 Å². The lowest BCUT2D eigenvalue weighted by molar-refractivity contribution is -0.136. The molecule has 92 valence electrons. The van der Waals surface area contributed by atoms with Gasteiger partial charge in [-0.2, -0.15) is 0 Å². The third-order valence-electron chi connectivity index (χ3n) is 2.65. The molecular formula is C11H10N4O3. The maximum atomic E-state index is 11.6. The van der Waals surface area contributed by atoms with E-state index in [0.717, 1.165) is 12.8 Å². The zero-order valence-electron chi connectivity index (χ0n) is 9.34. The molecule has 0 radical (unpaired) electrons. The van der Waals surface area contributed by atoms with Crippen LogP contribution in [0.4, 0.5) is 5.69 Å². The second kappa shape index (κ2) is 4.10. The largest absolute Gasteiger partial charge is 0.345 e. The second-order valence-electron chi connectivity index (χ2n) is 4.14. The van der Waals surface area contributed by atoms with E-state index < -0.39 is 11.8 Å². The molecule has 2 aromatic rings. The molecule has 1 heterocycles. The van der Waals surface area contributed by atoms with E-state index in [0.29, 0.717) is 16.7 Å². The molecule has 2 N–H and O–H groups in total. The Labute approximate surface area is 101 Å². The molecule has 1 aliphatic carbocycles. The van der Waals surface area contributed by atoms with Crippen molar-refractivity contribution < 1.29 is 14.2 Å². The number of nitrogens with one attached hydrogen (secondary N) is 2. The average Bonchev–Trinajstić information content (AvgIpc) is 3.04. The van der Waals surface area contributed by atoms with Crippen LogP contribution in [0.3, 0.4) is 0 Å². The van der Waals surface area contributed by atoms with Crippen LogP contribution < -0.4 is 10.6 Å². The summed E-state index contributed by atoms with van der Waals surface area (Å²) < 4.78 is 4.57. The molecule has 3 rings (SSSR count). The fourth-order valence-corrected chi connectivity index (χ4v) is 1.56. The lowest BCUT2D eigenvalue weighted by Crippen LogP contribution is -2.36. The average molecular weight is 246 g/mol. The van der Waals surface area contributed by atoms with Gasteiger partial charge in [0.15, 0.2) is 5.52 Å². The van der Waals surface area contributed by atoms with E-state index in [9.17, 15) is 9.59 Å². The molecule has 0 saturated heterocycles. The molecule has 0 bridgehead atoms. The Bertz CT molecular complexity index is 618. The molecule has 0 atom stereocenters. The summed E-state index contributed by atoms with van der Waals surface area (Å²) in [7, 11) is 0. The van der Waals surface area contributed by atoms with Crippen molar-refractivity contribution in [2.24, 2.45) is 0 Å². The van der Waals surface area contributed by atoms with Crippen molar-refractivity contribution in [3.8, 4) is 0 Å². The first-order valence-corrected chi connectivity index (χ1v) is 5.57. The number of amides is 2. The number of nitrogens with zero attached hydrogens (tertiary/aromatic N) is 2. The van der Waals surface area contributed by atoms with Gasteiger partial charge in [0.2, 0.25) is 0 Å². The van der Waals surface area contributed by atoms with E-state index >= 15 is 0 Å². The highest BCUT2D eigenvalue weighted by atomic mass is 16.6. The molecule has 1 aromatic heterocycles. The fraction of sp³-hybridized carbons (Fsp3) is 0.273. The van der Waals surface area contributed by atoms with Gasteiger partial charge >= 0.3 is 11.8 Å². The number of anilines is 1. The van der Waals surface area contributed by atoms with Crippen LogP contribution in [0.2, 0.25) is 0 Å². The maximum Gasteiger partial charge on any atom is 0.313 e. The Morgan fingerprint density at radius 3 is 2.83 bits per heavy atom. The van der Waals surface area contributed by atoms with Crippen molar-refractivity contribution in [3.05, 3.63) is 18.2 Å². The number of carbonyl (C=O) groups is 2. The Morgan fingerprint density at radius 1 is 1.22 bits per heavy atom. The minimum atomic E-state index is -0.711. The molecular weight excluding hydrogens is 236 g/mol. The first-order chi connectivity index (χ1) is 8.74. The molecule has 1 aliphatic rings. The van der Waals surface area contributed by atoms with E-state index in [1.54, 1.807) is 18.2 Å². The monoisotopic (exact) mass is 246 g/mol. The third-order valence-corrected chi connectivity index (χ3v) is 2.65. The Kier molecular flexibility index (Phi) is 2.44. The molecule has 0 spiro atoms. The van der Waals surface area contributed by atoms with Crippen molar-refractivity contribution in [3.63, 3.8) is 0 Å². The number of aromatic nitrogens is 2. The number of hydrogen-bond donors (Lipinski definition) is 2. The number of rotatable bonds is 2. The van der Waals surface area contributed by atoms with Gasteiger partial charge in [0, 0.05) is 6.04 Å². The smallest absolute Gasteiger partial charge is 0.313 e. The van der Waals surface area contributed by atoms with E-state index in [2.05, 4.69) is 25.6 Å². The van der Waals surface area contributed by atoms with Gasteiger partial charge in [-0.25, -0.2) is 4.63 Å². The van der Waals surface area contributed by atoms with Crippen LogP contribution in [0.25, 0.3) is 11.0 Å². The molecule has 1 aromatic carbocycles. The highest BCUT2D eigenvalue weighted by Crippen LogP contribution is 2.20. The van der Waals surface area contributed by atoms with Gasteiger partial charge in [-0.15, -0.1) is 0 Å². The normalized spacial score (nSPS) is 14.4. The van der Waals surface area contributed by atoms with Gasteiger partial charge in [0.05, 0.1) is 5.69 Å². The summed E-state index contributed by atoms with van der Waals surface area (Å²) >= 11 is 0. The van der Waals surface area contributed by atoms with Crippen LogP contribution in [-0.2, 0) is 9.59 Å². The highest BCUT2D eigenvalue weighted by Gasteiger charge is 2.26. The Hall–Kier alpha value is -2.44. The van der Waals surface area contributed by atoms with Crippen molar-refractivity contribution in [1.29, 1.82) is 0 Å². The van der Waals surface area contributed by atoms with Crippen molar-refractivity contribution in [1.82, 2.24) is 15.6 Å². The van der Waals surface area contributed by atoms with Gasteiger partial charge in [0.1, 0.15) is 5.52 Å². The summed E-state index contributed by atoms with van der Waals surface area (Å²) in [4.78, 5) is 23.1. The molecule has 0 aliphatic heterocycles. The van der Waals surface area contributed by atoms with Gasteiger partial charge in [-0.1, -0.05) is 6.07 Å². The van der Waals surface area contributed by atoms with E-state index in [1.807, 2.05) is 0 Å². The van der Waals surface area contributed by atoms with Crippen molar-refractivity contribution >= 4 is 28.5 Å². The van der Waals surface area contributed by atoms with Crippen molar-refractivity contribution in [2.75, 3.05) is 5.32 Å². The summed E-state index contributed by atoms with van der Waals surface area (Å²) in [6, 6.07) is 5.18. The van der Waals surface area contributed by atoms with Crippen molar-refractivity contribution in [2.45, 2.75) is 18.9 Å². The Balaban J connectivity index is 1.76. The molecule has 18 heavy (non-hydrogen) atoms. The van der Waals surface area contributed by atoms with Gasteiger partial charge < -0.3 is 10.6 Å². The van der Waals surface area contributed by atoms with E-state index in [4.69, 9.17) is 0 Å². The maximum absolute atomic E-state index is 11.6. The Morgan fingerprint density at radius 2 is 2.06 bits per heavy atom. The van der Waals surface area contributed by atoms with E-state index in [1.165, 1.54) is 0 Å². The zero-order valence-corrected chi connectivity index (χ0v) is 9.34. The summed E-state index contributed by atoms with van der Waals surface area (Å²) in [5.74, 6) is -1.34. The summed E-state index contributed by atoms with van der Waals surface area (Å²) in [6.45, 7) is 0. The van der Waals surface area contributed by atoms with Gasteiger partial charge in [0.25, 0.3) is 0 Å². The second-order valence-corrected chi connectivity index (χ2v) is 4.14. The van der Waals surface area contributed by atoms with Crippen LogP contribution in [0.1, 0.15) is 12.8 Å². The third kappa shape index (κ3) is 2.02. The topological polar surface area (TPSA) is 97.1 Å². The number of benzene rings is 1. The van der Waals surface area contributed by atoms with Crippen LogP contribution in [0, 0.1) is 0 Å². The van der Waals surface area contributed by atoms with Gasteiger partial charge in [-0.3, -0.25) is 9.59 Å². The summed E-state index contributed by atoms with van der Waals surface area (Å²) in [6.07, 6.45) is 1.86. The minimum absolute atomic E-state index is 0.146. The van der Waals surface area contributed by atoms with Crippen LogP contribution >= 0.6 is 0 Å². The van der Waals surface area contributed by atoms with Crippen LogP contribution in [-0.4, -0.2) is 28.2 Å². The first-order valence-electron chi connectivity index (χ1n) is 5.57. The lowest BCUT2D eigenvalue weighted by atomic mass is 10.2. The van der Waals surface area contributed by atoms with Crippen LogP contribution in [0.5, 0.6) is 0 Å². The predicted octanol–water partition coefficient (Wildman–Crippen LogP) is 0.440. The fourth-order valence-electron chi connectivity index (χ4n) is 1.56.